The van der Waals surface area contributed by atoms with Crippen molar-refractivity contribution in [1.82, 2.24) is 68.6 Å². The molecule has 516 valence electrons. The molecule has 4 aliphatic rings. The number of fused-ring (bicyclic) bond motifs is 4. The van der Waals surface area contributed by atoms with Crippen molar-refractivity contribution < 1.29 is 46.1 Å². The van der Waals surface area contributed by atoms with E-state index < -0.39 is 23.3 Å². The number of halogens is 5. The minimum atomic E-state index is -0.541. The van der Waals surface area contributed by atoms with Gasteiger partial charge in [0.05, 0.1) is 67.4 Å². The van der Waals surface area contributed by atoms with Gasteiger partial charge in [0.2, 0.25) is 5.28 Å². The second-order valence-electron chi connectivity index (χ2n) is 25.7. The van der Waals surface area contributed by atoms with E-state index in [1.165, 1.54) is 18.2 Å². The van der Waals surface area contributed by atoms with Gasteiger partial charge < -0.3 is 43.6 Å². The molecule has 2 amide bonds. The van der Waals surface area contributed by atoms with E-state index in [1.807, 2.05) is 121 Å². The predicted molar refractivity (Wildman–Crippen MR) is 366 cm³/mol. The first-order chi connectivity index (χ1) is 47.8. The normalized spacial score (nSPS) is 17.9. The summed E-state index contributed by atoms with van der Waals surface area (Å²) in [6.45, 7) is 18.8. The summed E-state index contributed by atoms with van der Waals surface area (Å²) >= 11 is 5.75. The van der Waals surface area contributed by atoms with E-state index in [1.54, 1.807) is 43.0 Å². The summed E-state index contributed by atoms with van der Waals surface area (Å²) < 4.78 is 85.6. The first kappa shape index (κ1) is 69.4. The molecule has 0 radical (unpaired) electrons. The van der Waals surface area contributed by atoms with Crippen LogP contribution >= 0.6 is 11.6 Å². The van der Waals surface area contributed by atoms with E-state index in [-0.39, 0.29) is 95.0 Å². The fraction of sp³-hybridized carbons (Fsp3) is 0.370. The van der Waals surface area contributed by atoms with Crippen LogP contribution in [-0.4, -0.2) is 158 Å². The highest BCUT2D eigenvalue weighted by Gasteiger charge is 2.41. The van der Waals surface area contributed by atoms with Gasteiger partial charge in [-0.25, -0.2) is 62.0 Å². The Kier molecular flexibility index (Phi) is 21.8. The molecule has 99 heavy (non-hydrogen) atoms. The Morgan fingerprint density at radius 1 is 0.556 bits per heavy atom. The maximum Gasteiger partial charge on any atom is 0.410 e. The number of carbonyl (C=O) groups excluding carboxylic acids is 2. The third-order valence-electron chi connectivity index (χ3n) is 18.1. The van der Waals surface area contributed by atoms with Gasteiger partial charge in [-0.2, -0.15) is 0 Å². The number of hydrogen-bond acceptors (Lipinski definition) is 17. The van der Waals surface area contributed by atoms with Crippen molar-refractivity contribution in [1.29, 1.82) is 0 Å². The molecule has 21 nitrogen and oxygen atoms in total. The number of pyridine rings is 2. The summed E-state index contributed by atoms with van der Waals surface area (Å²) in [7, 11) is 0. The Morgan fingerprint density at radius 3 is 1.46 bits per heavy atom. The van der Waals surface area contributed by atoms with E-state index in [2.05, 4.69) is 49.7 Å². The number of anilines is 1. The lowest BCUT2D eigenvalue weighted by Gasteiger charge is -2.46. The molecule has 0 saturated carbocycles. The molecule has 0 aliphatic carbocycles. The van der Waals surface area contributed by atoms with Crippen molar-refractivity contribution in [2.75, 3.05) is 58.2 Å². The number of likely N-dealkylation sites (tertiary alicyclic amines) is 2. The molecule has 14 rings (SSSR count). The molecule has 4 atom stereocenters. The summed E-state index contributed by atoms with van der Waals surface area (Å²) in [5.41, 5.74) is 13.2. The fourth-order valence-corrected chi connectivity index (χ4v) is 13.6. The number of rotatable bonds is 14. The lowest BCUT2D eigenvalue weighted by atomic mass is 9.98. The lowest BCUT2D eigenvalue weighted by Crippen LogP contribution is -2.60. The number of morpholine rings is 2. The van der Waals surface area contributed by atoms with Crippen LogP contribution in [-0.2, 0) is 51.7 Å². The van der Waals surface area contributed by atoms with Gasteiger partial charge in [-0.3, -0.25) is 14.8 Å². The Balaban J connectivity index is 0.000000156. The molecule has 10 heterocycles. The third kappa shape index (κ3) is 16.5. The monoisotopic (exact) mass is 1370 g/mol. The van der Waals surface area contributed by atoms with Gasteiger partial charge in [0.15, 0.2) is 11.6 Å². The zero-order valence-corrected chi connectivity index (χ0v) is 56.7. The van der Waals surface area contributed by atoms with Crippen LogP contribution in [0.2, 0.25) is 5.28 Å². The molecule has 4 aliphatic heterocycles. The molecule has 10 aromatic rings. The Hall–Kier alpha value is -9.53. The maximum absolute atomic E-state index is 15.1. The van der Waals surface area contributed by atoms with E-state index in [0.717, 1.165) is 79.5 Å². The van der Waals surface area contributed by atoms with Gasteiger partial charge in [-0.15, -0.1) is 0 Å². The van der Waals surface area contributed by atoms with Crippen molar-refractivity contribution in [3.8, 4) is 22.3 Å². The van der Waals surface area contributed by atoms with Gasteiger partial charge >= 0.3 is 12.2 Å². The number of ether oxygens (including phenoxy) is 4. The average Bonchev–Trinajstić information content (AvgIpc) is 1.67. The number of aromatic nitrogens is 10. The highest BCUT2D eigenvalue weighted by molar-refractivity contribution is 6.28. The molecule has 4 fully saturated rings. The third-order valence-corrected chi connectivity index (χ3v) is 18.3. The van der Waals surface area contributed by atoms with Crippen molar-refractivity contribution in [3.05, 3.63) is 208 Å². The smallest absolute Gasteiger partial charge is 0.410 e. The number of nitrogen functional groups attached to an aromatic ring is 1. The Labute approximate surface area is 575 Å². The number of nitrogens with zero attached hydrogens (tertiary/aromatic N) is 14. The SMILES string of the molecule is Cc1nc2c(F)cc(-c3cc(Cc4ncc(CN5CC[C@H]6[C@H](C5)OCCN6C(=O)OCc5ccccc5)cn4)ncc3F)cc2n1C(C)C.Cc1nc2c(F)cc(-c3cc(N)ncc3F)cc2n1C(C)C.O=C(OCc1ccccc1)N1CCO[C@H]2CN(Cc3cnc(Cl)nc3)CC[C@@H]21. The fourth-order valence-electron chi connectivity index (χ4n) is 13.5. The number of imidazole rings is 2. The minimum Gasteiger partial charge on any atom is -0.445 e. The maximum atomic E-state index is 15.1. The topological polar surface area (TPSA) is 223 Å². The Bertz CT molecular complexity index is 4460. The van der Waals surface area contributed by atoms with Crippen LogP contribution in [0.4, 0.5) is 33.0 Å². The molecule has 0 bridgehead atoms. The molecule has 0 unspecified atom stereocenters. The molecule has 6 aromatic heterocycles. The van der Waals surface area contributed by atoms with Crippen molar-refractivity contribution in [2.45, 2.75) is 123 Å². The van der Waals surface area contributed by atoms with Gasteiger partial charge in [0, 0.05) is 117 Å². The molecular weight excluding hydrogens is 1290 g/mol. The van der Waals surface area contributed by atoms with Crippen molar-refractivity contribution in [3.63, 3.8) is 0 Å². The number of benzene rings is 4. The molecular formula is C73H78ClF4N15O6. The molecule has 26 heteroatoms. The van der Waals surface area contributed by atoms with Gasteiger partial charge in [0.1, 0.15) is 59.2 Å². The summed E-state index contributed by atoms with van der Waals surface area (Å²) in [4.78, 5) is 67.6. The lowest BCUT2D eigenvalue weighted by molar-refractivity contribution is -0.0992. The average molecular weight is 1370 g/mol. The number of hydrogen-bond donors (Lipinski definition) is 1. The standard InChI is InChI=1S/C37H39F2N7O3.C20H23ClN4O3.C16H16F2N4/c1-23(2)46-24(3)43-36-30(38)13-27(14-33(36)46)29-15-28(40-19-31(29)39)16-35-41-17-26(18-42-35)20-44-10-9-32-34(21-44)48-12-11-45(32)37(47)49-22-25-7-5-4-6-8-25;21-19-22-10-16(11-23-19)12-24-7-6-17-18(13-24)27-9-8-25(17)20(26)28-14-15-4-2-1-3-5-15;1-8(2)22-9(3)21-16-12(17)4-10(5-14(16)22)11-6-15(19)20-7-13(11)18/h4-8,13-15,17-19,23,32,34H,9-12,16,20-22H2,1-3H3;1-5,10-11,17-18H,6-9,12-14H2;4-8H,1-3H3,(H2,19,20)/t32-,34-;17-,18-;/m00./s1. The van der Waals surface area contributed by atoms with E-state index in [0.29, 0.717) is 85.3 Å². The summed E-state index contributed by atoms with van der Waals surface area (Å²) in [6.07, 6.45) is 10.5. The first-order valence-electron chi connectivity index (χ1n) is 33.1. The van der Waals surface area contributed by atoms with Crippen LogP contribution in [0.1, 0.15) is 98.0 Å². The van der Waals surface area contributed by atoms with Gasteiger partial charge in [-0.05, 0) is 125 Å². The number of aryl methyl sites for hydroxylation is 2. The largest absolute Gasteiger partial charge is 0.445 e. The quantitative estimate of drug-likeness (QED) is 0.0789. The van der Waals surface area contributed by atoms with Crippen LogP contribution in [0.25, 0.3) is 44.3 Å². The van der Waals surface area contributed by atoms with Crippen molar-refractivity contribution >= 4 is 51.7 Å². The first-order valence-corrected chi connectivity index (χ1v) is 33.5. The summed E-state index contributed by atoms with van der Waals surface area (Å²) in [5, 5.41) is 0.253. The van der Waals surface area contributed by atoms with E-state index >= 15 is 8.78 Å². The number of carbonyl (C=O) groups is 2. The van der Waals surface area contributed by atoms with Crippen LogP contribution in [0.5, 0.6) is 0 Å². The highest BCUT2D eigenvalue weighted by atomic mass is 35.5. The number of piperidine rings is 2. The van der Waals surface area contributed by atoms with Crippen LogP contribution in [0.3, 0.4) is 0 Å². The van der Waals surface area contributed by atoms with Crippen LogP contribution in [0, 0.1) is 37.1 Å². The van der Waals surface area contributed by atoms with Crippen LogP contribution < -0.4 is 5.73 Å². The summed E-state index contributed by atoms with van der Waals surface area (Å²) in [6, 6.07) is 28.8. The Morgan fingerprint density at radius 2 is 1.00 bits per heavy atom. The second-order valence-corrected chi connectivity index (χ2v) is 26.0. The predicted octanol–water partition coefficient (Wildman–Crippen LogP) is 12.8. The number of amides is 2. The summed E-state index contributed by atoms with van der Waals surface area (Å²) in [5.74, 6) is 0.0931. The molecule has 2 N–H and O–H groups in total. The molecule has 4 saturated heterocycles. The van der Waals surface area contributed by atoms with Gasteiger partial charge in [-0.1, -0.05) is 60.7 Å². The second kappa shape index (κ2) is 31.1. The zero-order chi connectivity index (χ0) is 69.4. The van der Waals surface area contributed by atoms with E-state index in [9.17, 15) is 18.4 Å². The molecule has 0 spiro atoms. The van der Waals surface area contributed by atoms with Gasteiger partial charge in [0.25, 0.3) is 0 Å². The minimum absolute atomic E-state index is 0.0139. The van der Waals surface area contributed by atoms with E-state index in [4.69, 9.17) is 36.3 Å². The number of nitrogens with two attached hydrogens (primary N) is 1. The van der Waals surface area contributed by atoms with Crippen LogP contribution in [0.15, 0.2) is 134 Å². The molecule has 4 aromatic carbocycles. The highest BCUT2D eigenvalue weighted by Crippen LogP contribution is 2.35. The van der Waals surface area contributed by atoms with Crippen molar-refractivity contribution in [2.24, 2.45) is 0 Å². The zero-order valence-electron chi connectivity index (χ0n) is 56.0.